The van der Waals surface area contributed by atoms with Gasteiger partial charge >= 0.3 is 47.6 Å². The van der Waals surface area contributed by atoms with Crippen LogP contribution in [0.2, 0.25) is 0 Å². The van der Waals surface area contributed by atoms with Crippen molar-refractivity contribution >= 4 is 0 Å². The van der Waals surface area contributed by atoms with Crippen LogP contribution in [0.4, 0.5) is 74.6 Å². The van der Waals surface area contributed by atoms with Gasteiger partial charge < -0.3 is 39.7 Å². The Hall–Kier alpha value is -1.51. The number of hydrogen-bond donors (Lipinski definition) is 5. The summed E-state index contributed by atoms with van der Waals surface area (Å²) in [5.41, 5.74) is 0. The van der Waals surface area contributed by atoms with Crippen molar-refractivity contribution in [2.24, 2.45) is 0 Å². The highest BCUT2D eigenvalue weighted by atomic mass is 19.4. The molecule has 1 aliphatic heterocycles. The zero-order valence-electron chi connectivity index (χ0n) is 23.0. The van der Waals surface area contributed by atoms with Gasteiger partial charge in [0.1, 0.15) is 30.5 Å². The van der Waals surface area contributed by atoms with E-state index in [0.717, 1.165) is 0 Å². The molecule has 0 saturated carbocycles. The maximum absolute atomic E-state index is 13.9. The maximum atomic E-state index is 13.9. The summed E-state index contributed by atoms with van der Waals surface area (Å²) in [5, 5.41) is 48.0. The Morgan fingerprint density at radius 1 is 0.553 bits per heavy atom. The smallest absolute Gasteiger partial charge is 0.394 e. The Labute approximate surface area is 252 Å². The number of halogens is 17. The van der Waals surface area contributed by atoms with E-state index in [1.807, 2.05) is 0 Å². The van der Waals surface area contributed by atoms with Gasteiger partial charge in [0, 0.05) is 26.2 Å². The number of alkyl halides is 17. The maximum Gasteiger partial charge on any atom is 0.460 e. The lowest BCUT2D eigenvalue weighted by Gasteiger charge is -2.42. The van der Waals surface area contributed by atoms with Crippen molar-refractivity contribution in [3.63, 3.8) is 0 Å². The van der Waals surface area contributed by atoms with Crippen molar-refractivity contribution in [1.82, 2.24) is 0 Å². The van der Waals surface area contributed by atoms with Crippen LogP contribution in [0.1, 0.15) is 25.7 Å². The molecule has 5 N–H and O–H groups in total. The molecule has 1 heterocycles. The fourth-order valence-electron chi connectivity index (χ4n) is 3.79. The molecule has 0 bridgehead atoms. The summed E-state index contributed by atoms with van der Waals surface area (Å²) in [6, 6.07) is 0. The third-order valence-corrected chi connectivity index (χ3v) is 6.70. The van der Waals surface area contributed by atoms with Crippen LogP contribution in [-0.2, 0) is 14.2 Å². The predicted molar refractivity (Wildman–Crippen MR) is 116 cm³/mol. The molecule has 0 amide bonds. The third-order valence-electron chi connectivity index (χ3n) is 6.70. The van der Waals surface area contributed by atoms with E-state index in [1.165, 1.54) is 0 Å². The lowest BCUT2D eigenvalue weighted by molar-refractivity contribution is -0.461. The van der Waals surface area contributed by atoms with Crippen molar-refractivity contribution in [2.45, 2.75) is 110 Å². The van der Waals surface area contributed by atoms with Crippen molar-refractivity contribution in [3.8, 4) is 0 Å². The fraction of sp³-hybridized carbons (Fsp3) is 1.00. The number of ether oxygens (including phenoxy) is 3. The molecule has 0 aromatic rings. The second-order valence-electron chi connectivity index (χ2n) is 10.1. The molecule has 0 aromatic heterocycles. The van der Waals surface area contributed by atoms with E-state index in [9.17, 15) is 95.1 Å². The lowest BCUT2D eigenvalue weighted by atomic mass is 9.88. The van der Waals surface area contributed by atoms with E-state index >= 15 is 0 Å². The van der Waals surface area contributed by atoms with Crippen molar-refractivity contribution in [3.05, 3.63) is 0 Å². The van der Waals surface area contributed by atoms with Crippen LogP contribution < -0.4 is 0 Å². The van der Waals surface area contributed by atoms with E-state index < -0.39 is 117 Å². The summed E-state index contributed by atoms with van der Waals surface area (Å²) in [5.74, 6) is -56.7. The third kappa shape index (κ3) is 7.95. The van der Waals surface area contributed by atoms with E-state index in [4.69, 9.17) is 14.6 Å². The molecule has 47 heavy (non-hydrogen) atoms. The van der Waals surface area contributed by atoms with E-state index in [2.05, 4.69) is 4.74 Å². The van der Waals surface area contributed by atoms with E-state index in [1.54, 1.807) is 0 Å². The SMILES string of the molecule is OC[C@H](O)[C@H]1O[C@@H](OCCCCOCCCC(F)(F)C(F)(F)C(F)(F)C(F)(F)C(F)(F)C(F)(F)C(F)(F)C(F)(F)F)[C@@H](O)[C@@H](O)[C@@H]1O. The molecule has 1 rings (SSSR count). The Morgan fingerprint density at radius 3 is 1.45 bits per heavy atom. The quantitative estimate of drug-likeness (QED) is 0.106. The van der Waals surface area contributed by atoms with Crippen molar-refractivity contribution < 1.29 is 114 Å². The molecular formula is C22H27F17O8. The zero-order chi connectivity index (χ0) is 37.2. The second-order valence-corrected chi connectivity index (χ2v) is 10.1. The minimum atomic E-state index is -8.68. The second kappa shape index (κ2) is 14.8. The minimum absolute atomic E-state index is 0.0553. The summed E-state index contributed by atoms with van der Waals surface area (Å²) >= 11 is 0. The normalized spacial score (nSPS) is 25.3. The number of aliphatic hydroxyl groups excluding tert-OH is 5. The number of unbranched alkanes of at least 4 members (excludes halogenated alkanes) is 1. The fourth-order valence-corrected chi connectivity index (χ4v) is 3.79. The van der Waals surface area contributed by atoms with Gasteiger partial charge in [0.25, 0.3) is 0 Å². The average Bonchev–Trinajstić information content (AvgIpc) is 2.94. The summed E-state index contributed by atoms with van der Waals surface area (Å²) in [4.78, 5) is 0. The topological polar surface area (TPSA) is 129 Å². The first-order valence-corrected chi connectivity index (χ1v) is 12.8. The molecule has 25 heteroatoms. The van der Waals surface area contributed by atoms with Gasteiger partial charge in [0.05, 0.1) is 6.61 Å². The number of rotatable bonds is 18. The van der Waals surface area contributed by atoms with Gasteiger partial charge in [0.2, 0.25) is 0 Å². The molecule has 0 radical (unpaired) electrons. The molecule has 0 aromatic carbocycles. The predicted octanol–water partition coefficient (Wildman–Crippen LogP) is 3.75. The van der Waals surface area contributed by atoms with Gasteiger partial charge in [-0.3, -0.25) is 0 Å². The Morgan fingerprint density at radius 2 is 0.979 bits per heavy atom. The number of aliphatic hydroxyl groups is 5. The standard InChI is InChI=1S/C22H27F17O8/c23-15(24,16(25,26)17(27,28)18(29,30)19(31,32)20(33,34)21(35,36)22(37,38)39)4-3-6-45-5-1-2-7-46-14-12(44)10(42)11(43)13(47-14)9(41)8-40/h9-14,40-44H,1-8H2/t9-,10-,11-,12-,13+,14+/m0/s1. The van der Waals surface area contributed by atoms with Crippen LogP contribution in [0, 0.1) is 0 Å². The van der Waals surface area contributed by atoms with Crippen LogP contribution in [0.3, 0.4) is 0 Å². The van der Waals surface area contributed by atoms with Gasteiger partial charge in [-0.05, 0) is 19.3 Å². The minimum Gasteiger partial charge on any atom is -0.394 e. The van der Waals surface area contributed by atoms with Crippen molar-refractivity contribution in [2.75, 3.05) is 26.4 Å². The van der Waals surface area contributed by atoms with Crippen LogP contribution in [0.25, 0.3) is 0 Å². The monoisotopic (exact) mass is 742 g/mol. The van der Waals surface area contributed by atoms with Crippen LogP contribution >= 0.6 is 0 Å². The molecule has 0 aliphatic carbocycles. The molecule has 8 nitrogen and oxygen atoms in total. The lowest BCUT2D eigenvalue weighted by Crippen LogP contribution is -2.74. The van der Waals surface area contributed by atoms with Gasteiger partial charge in [-0.25, -0.2) is 0 Å². The van der Waals surface area contributed by atoms with Gasteiger partial charge in [0.15, 0.2) is 6.29 Å². The zero-order valence-corrected chi connectivity index (χ0v) is 23.0. The summed E-state index contributed by atoms with van der Waals surface area (Å²) in [6.45, 7) is -2.79. The molecule has 0 spiro atoms. The molecule has 1 fully saturated rings. The molecule has 282 valence electrons. The molecule has 1 aliphatic rings. The van der Waals surface area contributed by atoms with Crippen LogP contribution in [0.15, 0.2) is 0 Å². The van der Waals surface area contributed by atoms with Gasteiger partial charge in [-0.2, -0.15) is 74.6 Å². The molecular weight excluding hydrogens is 715 g/mol. The van der Waals surface area contributed by atoms with E-state index in [0.29, 0.717) is 0 Å². The first kappa shape index (κ1) is 43.5. The highest BCUT2D eigenvalue weighted by molar-refractivity contribution is 5.15. The van der Waals surface area contributed by atoms with Gasteiger partial charge in [-0.15, -0.1) is 0 Å². The van der Waals surface area contributed by atoms with Crippen LogP contribution in [-0.4, -0.2) is 136 Å². The first-order chi connectivity index (χ1) is 20.9. The number of hydrogen-bond acceptors (Lipinski definition) is 8. The highest BCUT2D eigenvalue weighted by Crippen LogP contribution is 2.64. The Kier molecular flexibility index (Phi) is 13.7. The van der Waals surface area contributed by atoms with E-state index in [-0.39, 0.29) is 19.4 Å². The van der Waals surface area contributed by atoms with Crippen molar-refractivity contribution in [1.29, 1.82) is 0 Å². The largest absolute Gasteiger partial charge is 0.460 e. The first-order valence-electron chi connectivity index (χ1n) is 12.8. The molecule has 6 atom stereocenters. The average molecular weight is 742 g/mol. The summed E-state index contributed by atoms with van der Waals surface area (Å²) < 4.78 is 241. The van der Waals surface area contributed by atoms with Gasteiger partial charge in [-0.1, -0.05) is 0 Å². The summed E-state index contributed by atoms with van der Waals surface area (Å²) in [6.07, 6.45) is -22.6. The summed E-state index contributed by atoms with van der Waals surface area (Å²) in [7, 11) is 0. The molecule has 1 saturated heterocycles. The Bertz CT molecular complexity index is 997. The highest BCUT2D eigenvalue weighted by Gasteiger charge is 2.95. The van der Waals surface area contributed by atoms with Crippen LogP contribution in [0.5, 0.6) is 0 Å². The molecule has 0 unspecified atom stereocenters. The Balaban J connectivity index is 2.73.